The maximum atomic E-state index is 13.6. The van der Waals surface area contributed by atoms with Gasteiger partial charge in [0.05, 0.1) is 22.9 Å². The van der Waals surface area contributed by atoms with Gasteiger partial charge in [-0.15, -0.1) is 11.3 Å². The molecule has 2 aromatic heterocycles. The van der Waals surface area contributed by atoms with Crippen LogP contribution in [0.1, 0.15) is 62.4 Å². The minimum Gasteiger partial charge on any atom is -0.376 e. The van der Waals surface area contributed by atoms with Gasteiger partial charge in [-0.25, -0.2) is 0 Å². The summed E-state index contributed by atoms with van der Waals surface area (Å²) in [5.41, 5.74) is 0.820. The number of nitrogens with zero attached hydrogens (tertiary/aromatic N) is 2. The number of rotatable bonds is 4. The summed E-state index contributed by atoms with van der Waals surface area (Å²) in [5, 5.41) is 5.33. The summed E-state index contributed by atoms with van der Waals surface area (Å²) in [7, 11) is 0. The summed E-state index contributed by atoms with van der Waals surface area (Å²) < 4.78 is 8.97. The maximum Gasteiger partial charge on any atom is 0.271 e. The van der Waals surface area contributed by atoms with Gasteiger partial charge in [-0.3, -0.25) is 9.59 Å². The predicted molar refractivity (Wildman–Crippen MR) is 113 cm³/mol. The molecule has 156 valence electrons. The van der Waals surface area contributed by atoms with Crippen molar-refractivity contribution < 1.29 is 14.3 Å². The van der Waals surface area contributed by atoms with Crippen LogP contribution >= 0.6 is 11.3 Å². The quantitative estimate of drug-likeness (QED) is 0.831. The van der Waals surface area contributed by atoms with E-state index in [2.05, 4.69) is 5.32 Å². The molecule has 1 aliphatic carbocycles. The highest BCUT2D eigenvalue weighted by molar-refractivity contribution is 7.17. The van der Waals surface area contributed by atoms with Crippen molar-refractivity contribution in [1.29, 1.82) is 0 Å². The number of ether oxygens (including phenoxy) is 1. The van der Waals surface area contributed by atoms with E-state index in [1.807, 2.05) is 29.0 Å². The molecule has 3 aliphatic rings. The Hall–Kier alpha value is -1.86. The minimum absolute atomic E-state index is 0.0170. The summed E-state index contributed by atoms with van der Waals surface area (Å²) in [6.45, 7) is 3.63. The molecule has 2 fully saturated rings. The summed E-state index contributed by atoms with van der Waals surface area (Å²) in [5.74, 6) is -0.0880. The molecule has 2 amide bonds. The zero-order valence-corrected chi connectivity index (χ0v) is 17.8. The second-order valence-corrected chi connectivity index (χ2v) is 9.87. The van der Waals surface area contributed by atoms with Crippen molar-refractivity contribution in [1.82, 2.24) is 14.8 Å². The number of thiophene rings is 1. The largest absolute Gasteiger partial charge is 0.376 e. The third-order valence-corrected chi connectivity index (χ3v) is 7.74. The molecule has 0 aromatic carbocycles. The lowest BCUT2D eigenvalue weighted by atomic mass is 9.91. The first-order chi connectivity index (χ1) is 14.1. The number of carbonyl (C=O) groups is 2. The monoisotopic (exact) mass is 415 g/mol. The van der Waals surface area contributed by atoms with Crippen molar-refractivity contribution in [3.8, 4) is 0 Å². The van der Waals surface area contributed by atoms with Crippen molar-refractivity contribution in [2.45, 2.75) is 76.1 Å². The van der Waals surface area contributed by atoms with Crippen LogP contribution in [-0.4, -0.2) is 52.1 Å². The topological polar surface area (TPSA) is 63.6 Å². The van der Waals surface area contributed by atoms with Crippen LogP contribution in [0.3, 0.4) is 0 Å². The van der Waals surface area contributed by atoms with Gasteiger partial charge >= 0.3 is 0 Å². The standard InChI is InChI=1S/C22H29N3O3S/c1-22(21(27)23-15-6-3-2-4-7-15)14-24-17-9-11-29-19(17)12-18(24)20(26)25(22)13-16-8-5-10-28-16/h9,11-12,15-16H,2-8,10,13-14H2,1H3,(H,23,27)/t16-,22+/m1/s1. The van der Waals surface area contributed by atoms with E-state index in [1.54, 1.807) is 16.2 Å². The summed E-state index contributed by atoms with van der Waals surface area (Å²) >= 11 is 1.64. The van der Waals surface area contributed by atoms with Crippen LogP contribution in [0, 0.1) is 0 Å². The minimum atomic E-state index is -0.915. The van der Waals surface area contributed by atoms with Gasteiger partial charge in [-0.05, 0) is 50.1 Å². The average molecular weight is 416 g/mol. The average Bonchev–Trinajstić information content (AvgIpc) is 3.45. The summed E-state index contributed by atoms with van der Waals surface area (Å²) in [6, 6.07) is 4.25. The molecule has 0 unspecified atom stereocenters. The van der Waals surface area contributed by atoms with E-state index in [4.69, 9.17) is 4.74 Å². The molecule has 2 atom stereocenters. The molecule has 2 aromatic rings. The lowest BCUT2D eigenvalue weighted by Crippen LogP contribution is -2.66. The van der Waals surface area contributed by atoms with Crippen LogP contribution in [0.4, 0.5) is 0 Å². The van der Waals surface area contributed by atoms with E-state index in [0.717, 1.165) is 55.3 Å². The molecule has 1 saturated heterocycles. The SMILES string of the molecule is C[C@@]1(C(=O)NC2CCCCC2)Cn2c(cc3sccc32)C(=O)N1C[C@H]1CCCO1. The van der Waals surface area contributed by atoms with Crippen molar-refractivity contribution >= 4 is 33.4 Å². The Morgan fingerprint density at radius 3 is 2.86 bits per heavy atom. The number of nitrogens with one attached hydrogen (secondary N) is 1. The van der Waals surface area contributed by atoms with Crippen molar-refractivity contribution in [3.05, 3.63) is 23.2 Å². The van der Waals surface area contributed by atoms with Crippen LogP contribution in [0.15, 0.2) is 17.5 Å². The Morgan fingerprint density at radius 1 is 1.28 bits per heavy atom. The zero-order chi connectivity index (χ0) is 20.0. The summed E-state index contributed by atoms with van der Waals surface area (Å²) in [4.78, 5) is 28.9. The van der Waals surface area contributed by atoms with Gasteiger partial charge in [-0.2, -0.15) is 0 Å². The molecule has 29 heavy (non-hydrogen) atoms. The van der Waals surface area contributed by atoms with Gasteiger partial charge in [0.1, 0.15) is 11.2 Å². The number of hydrogen-bond acceptors (Lipinski definition) is 4. The predicted octanol–water partition coefficient (Wildman–Crippen LogP) is 3.55. The molecule has 1 N–H and O–H groups in total. The van der Waals surface area contributed by atoms with Gasteiger partial charge in [0, 0.05) is 19.2 Å². The molecule has 7 heteroatoms. The Labute approximate surface area is 175 Å². The Bertz CT molecular complexity index is 923. The number of aromatic nitrogens is 1. The second-order valence-electron chi connectivity index (χ2n) is 8.92. The maximum absolute atomic E-state index is 13.6. The third kappa shape index (κ3) is 3.28. The first-order valence-corrected chi connectivity index (χ1v) is 11.8. The van der Waals surface area contributed by atoms with E-state index < -0.39 is 5.54 Å². The van der Waals surface area contributed by atoms with Gasteiger partial charge in [0.2, 0.25) is 5.91 Å². The summed E-state index contributed by atoms with van der Waals surface area (Å²) in [6.07, 6.45) is 7.62. The van der Waals surface area contributed by atoms with Crippen LogP contribution in [0.2, 0.25) is 0 Å². The molecule has 4 heterocycles. The van der Waals surface area contributed by atoms with Crippen molar-refractivity contribution in [2.75, 3.05) is 13.2 Å². The fourth-order valence-corrected chi connectivity index (χ4v) is 5.96. The Kier molecular flexibility index (Phi) is 4.90. The fourth-order valence-electron chi connectivity index (χ4n) is 5.14. The van der Waals surface area contributed by atoms with Gasteiger partial charge in [-0.1, -0.05) is 19.3 Å². The van der Waals surface area contributed by atoms with Crippen molar-refractivity contribution in [2.24, 2.45) is 0 Å². The highest BCUT2D eigenvalue weighted by Crippen LogP contribution is 2.35. The second kappa shape index (κ2) is 7.43. The van der Waals surface area contributed by atoms with Crippen LogP contribution in [-0.2, 0) is 16.1 Å². The number of hydrogen-bond donors (Lipinski definition) is 1. The number of amides is 2. The first kappa shape index (κ1) is 19.1. The van der Waals surface area contributed by atoms with Crippen LogP contribution in [0.25, 0.3) is 10.2 Å². The number of fused-ring (bicyclic) bond motifs is 3. The highest BCUT2D eigenvalue weighted by atomic mass is 32.1. The first-order valence-electron chi connectivity index (χ1n) is 10.9. The normalized spacial score (nSPS) is 28.1. The Morgan fingerprint density at radius 2 is 2.10 bits per heavy atom. The fraction of sp³-hybridized carbons (Fsp3) is 0.636. The molecule has 0 bridgehead atoms. The smallest absolute Gasteiger partial charge is 0.271 e. The molecule has 5 rings (SSSR count). The Balaban J connectivity index is 1.49. The van der Waals surface area contributed by atoms with Crippen LogP contribution < -0.4 is 5.32 Å². The zero-order valence-electron chi connectivity index (χ0n) is 17.0. The molecular formula is C22H29N3O3S. The van der Waals surface area contributed by atoms with Gasteiger partial charge in [0.15, 0.2) is 0 Å². The van der Waals surface area contributed by atoms with Crippen molar-refractivity contribution in [3.63, 3.8) is 0 Å². The van der Waals surface area contributed by atoms with E-state index in [0.29, 0.717) is 18.8 Å². The van der Waals surface area contributed by atoms with E-state index in [9.17, 15) is 9.59 Å². The van der Waals surface area contributed by atoms with Gasteiger partial charge < -0.3 is 19.5 Å². The molecule has 6 nitrogen and oxygen atoms in total. The van der Waals surface area contributed by atoms with Gasteiger partial charge in [0.25, 0.3) is 5.91 Å². The lowest BCUT2D eigenvalue weighted by molar-refractivity contribution is -0.134. The molecule has 1 saturated carbocycles. The van der Waals surface area contributed by atoms with E-state index >= 15 is 0 Å². The van der Waals surface area contributed by atoms with Crippen LogP contribution in [0.5, 0.6) is 0 Å². The lowest BCUT2D eigenvalue weighted by Gasteiger charge is -2.45. The molecule has 2 aliphatic heterocycles. The third-order valence-electron chi connectivity index (χ3n) is 6.89. The van der Waals surface area contributed by atoms with E-state index in [1.165, 1.54) is 6.42 Å². The number of carbonyl (C=O) groups excluding carboxylic acids is 2. The van der Waals surface area contributed by atoms with E-state index in [-0.39, 0.29) is 24.0 Å². The molecule has 0 spiro atoms. The highest BCUT2D eigenvalue weighted by Gasteiger charge is 2.49. The molecular weight excluding hydrogens is 386 g/mol. The molecule has 0 radical (unpaired) electrons.